The van der Waals surface area contributed by atoms with Crippen LogP contribution in [0.25, 0.3) is 0 Å². The molecule has 2 aliphatic rings. The van der Waals surface area contributed by atoms with Crippen molar-refractivity contribution in [3.05, 3.63) is 34.4 Å². The molecule has 1 aromatic rings. The van der Waals surface area contributed by atoms with Gasteiger partial charge in [0.05, 0.1) is 5.56 Å². The zero-order valence-electron chi connectivity index (χ0n) is 17.2. The molecule has 0 amide bonds. The van der Waals surface area contributed by atoms with Crippen LogP contribution in [0, 0.1) is 37.5 Å². The van der Waals surface area contributed by atoms with Gasteiger partial charge in [-0.1, -0.05) is 44.7 Å². The first kappa shape index (κ1) is 20.7. The minimum Gasteiger partial charge on any atom is -0.166 e. The molecule has 0 saturated heterocycles. The van der Waals surface area contributed by atoms with E-state index >= 15 is 0 Å². The van der Waals surface area contributed by atoms with Gasteiger partial charge < -0.3 is 0 Å². The van der Waals surface area contributed by atoms with Crippen LogP contribution in [0.15, 0.2) is 12.1 Å². The number of alkyl halides is 3. The molecule has 2 aliphatic carbocycles. The molecule has 0 aliphatic heterocycles. The Hall–Kier alpha value is -0.990. The molecule has 0 N–H and O–H groups in total. The van der Waals surface area contributed by atoms with E-state index in [1.54, 1.807) is 26.0 Å². The summed E-state index contributed by atoms with van der Waals surface area (Å²) in [6.07, 6.45) is 8.85. The molecule has 152 valence electrons. The molecular weight excluding hydrogens is 345 g/mol. The van der Waals surface area contributed by atoms with Crippen LogP contribution in [0.3, 0.4) is 0 Å². The van der Waals surface area contributed by atoms with Gasteiger partial charge in [-0.25, -0.2) is 0 Å². The Balaban J connectivity index is 1.49. The molecule has 0 radical (unpaired) electrons. The number of halogens is 3. The summed E-state index contributed by atoms with van der Waals surface area (Å²) in [5, 5.41) is 0. The lowest BCUT2D eigenvalue weighted by Gasteiger charge is -2.37. The van der Waals surface area contributed by atoms with Crippen molar-refractivity contribution in [3.63, 3.8) is 0 Å². The average Bonchev–Trinajstić information content (AvgIpc) is 2.59. The Morgan fingerprint density at radius 2 is 1.30 bits per heavy atom. The number of rotatable bonds is 4. The summed E-state index contributed by atoms with van der Waals surface area (Å²) < 4.78 is 39.4. The highest BCUT2D eigenvalue weighted by atomic mass is 19.4. The Morgan fingerprint density at radius 3 is 1.78 bits per heavy atom. The molecule has 3 rings (SSSR count). The second-order valence-corrected chi connectivity index (χ2v) is 9.44. The normalized spacial score (nSPS) is 29.7. The van der Waals surface area contributed by atoms with Crippen LogP contribution < -0.4 is 0 Å². The zero-order valence-corrected chi connectivity index (χ0v) is 17.2. The summed E-state index contributed by atoms with van der Waals surface area (Å²) in [5.74, 6) is 3.58. The van der Waals surface area contributed by atoms with Gasteiger partial charge in [0.15, 0.2) is 0 Å². The fraction of sp³-hybridized carbons (Fsp3) is 0.750. The summed E-state index contributed by atoms with van der Waals surface area (Å²) in [7, 11) is 0. The first-order valence-corrected chi connectivity index (χ1v) is 10.9. The summed E-state index contributed by atoms with van der Waals surface area (Å²) in [6, 6.07) is 3.51. The lowest BCUT2D eigenvalue weighted by atomic mass is 9.69. The highest BCUT2D eigenvalue weighted by Gasteiger charge is 2.34. The second-order valence-electron chi connectivity index (χ2n) is 9.44. The first-order chi connectivity index (χ1) is 12.7. The topological polar surface area (TPSA) is 0 Å². The van der Waals surface area contributed by atoms with Crippen LogP contribution in [0.1, 0.15) is 87.0 Å². The molecule has 2 saturated carbocycles. The lowest BCUT2D eigenvalue weighted by molar-refractivity contribution is -0.138. The molecule has 0 bridgehead atoms. The Labute approximate surface area is 162 Å². The molecule has 0 atom stereocenters. The molecule has 0 spiro atoms. The van der Waals surface area contributed by atoms with Crippen LogP contribution in [-0.2, 0) is 12.6 Å². The monoisotopic (exact) mass is 380 g/mol. The maximum atomic E-state index is 13.1. The van der Waals surface area contributed by atoms with E-state index in [0.29, 0.717) is 11.1 Å². The summed E-state index contributed by atoms with van der Waals surface area (Å²) in [5.41, 5.74) is 1.36. The van der Waals surface area contributed by atoms with Gasteiger partial charge in [0.2, 0.25) is 0 Å². The van der Waals surface area contributed by atoms with Crippen molar-refractivity contribution in [2.24, 2.45) is 23.7 Å². The molecule has 0 aromatic heterocycles. The largest absolute Gasteiger partial charge is 0.416 e. The van der Waals surface area contributed by atoms with E-state index in [1.807, 2.05) is 0 Å². The number of benzene rings is 1. The predicted molar refractivity (Wildman–Crippen MR) is 106 cm³/mol. The third kappa shape index (κ3) is 5.29. The van der Waals surface area contributed by atoms with E-state index in [4.69, 9.17) is 0 Å². The van der Waals surface area contributed by atoms with Crippen molar-refractivity contribution in [1.29, 1.82) is 0 Å². The van der Waals surface area contributed by atoms with Crippen molar-refractivity contribution >= 4 is 0 Å². The van der Waals surface area contributed by atoms with Crippen molar-refractivity contribution in [2.75, 3.05) is 0 Å². The standard InChI is InChI=1S/C24H35F3/c1-16-4-10-21(11-5-16)22-12-8-19(9-13-22)6-7-20-14-17(2)23(18(3)15-20)24(25,26)27/h14-16,19,21-22H,4-13H2,1-3H3. The third-order valence-corrected chi connectivity index (χ3v) is 7.34. The van der Waals surface area contributed by atoms with Crippen LogP contribution in [0.4, 0.5) is 13.2 Å². The van der Waals surface area contributed by atoms with Gasteiger partial charge in [0, 0.05) is 0 Å². The Morgan fingerprint density at radius 1 is 0.815 bits per heavy atom. The van der Waals surface area contributed by atoms with Gasteiger partial charge in [-0.3, -0.25) is 0 Å². The van der Waals surface area contributed by atoms with Crippen LogP contribution in [0.5, 0.6) is 0 Å². The molecule has 0 heterocycles. The summed E-state index contributed by atoms with van der Waals surface area (Å²) >= 11 is 0. The van der Waals surface area contributed by atoms with Crippen molar-refractivity contribution in [3.8, 4) is 0 Å². The second kappa shape index (κ2) is 8.57. The third-order valence-electron chi connectivity index (χ3n) is 7.34. The molecule has 2 fully saturated rings. The highest BCUT2D eigenvalue weighted by Crippen LogP contribution is 2.42. The predicted octanol–water partition coefficient (Wildman–Crippen LogP) is 7.89. The van der Waals surface area contributed by atoms with Crippen molar-refractivity contribution < 1.29 is 13.2 Å². The molecule has 27 heavy (non-hydrogen) atoms. The zero-order chi connectivity index (χ0) is 19.6. The fourth-order valence-electron chi connectivity index (χ4n) is 5.72. The van der Waals surface area contributed by atoms with Crippen LogP contribution in [0.2, 0.25) is 0 Å². The van der Waals surface area contributed by atoms with E-state index in [0.717, 1.165) is 42.1 Å². The van der Waals surface area contributed by atoms with Gasteiger partial charge in [-0.05, 0) is 92.7 Å². The molecule has 3 heteroatoms. The van der Waals surface area contributed by atoms with Gasteiger partial charge >= 0.3 is 6.18 Å². The van der Waals surface area contributed by atoms with Gasteiger partial charge in [-0.15, -0.1) is 0 Å². The Bertz CT molecular complexity index is 592. The summed E-state index contributed by atoms with van der Waals surface area (Å²) in [6.45, 7) is 5.57. The number of aryl methyl sites for hydroxylation is 3. The Kier molecular flexibility index (Phi) is 6.58. The van der Waals surface area contributed by atoms with E-state index in [2.05, 4.69) is 6.92 Å². The maximum Gasteiger partial charge on any atom is 0.416 e. The van der Waals surface area contributed by atoms with E-state index in [-0.39, 0.29) is 0 Å². The first-order valence-electron chi connectivity index (χ1n) is 10.9. The van der Waals surface area contributed by atoms with Gasteiger partial charge in [0.25, 0.3) is 0 Å². The lowest BCUT2D eigenvalue weighted by Crippen LogP contribution is -2.25. The minimum atomic E-state index is -4.25. The van der Waals surface area contributed by atoms with Crippen LogP contribution >= 0.6 is 0 Å². The highest BCUT2D eigenvalue weighted by molar-refractivity contribution is 5.39. The smallest absolute Gasteiger partial charge is 0.166 e. The average molecular weight is 381 g/mol. The van der Waals surface area contributed by atoms with E-state index in [1.165, 1.54) is 51.4 Å². The molecule has 0 unspecified atom stereocenters. The minimum absolute atomic E-state index is 0.368. The van der Waals surface area contributed by atoms with Gasteiger partial charge in [0.1, 0.15) is 0 Å². The summed E-state index contributed by atoms with van der Waals surface area (Å²) in [4.78, 5) is 0. The van der Waals surface area contributed by atoms with E-state index < -0.39 is 11.7 Å². The molecule has 0 nitrogen and oxygen atoms in total. The van der Waals surface area contributed by atoms with Crippen molar-refractivity contribution in [2.45, 2.75) is 91.2 Å². The maximum absolute atomic E-state index is 13.1. The number of hydrogen-bond acceptors (Lipinski definition) is 0. The molecule has 1 aromatic carbocycles. The quantitative estimate of drug-likeness (QED) is 0.498. The van der Waals surface area contributed by atoms with E-state index in [9.17, 15) is 13.2 Å². The number of hydrogen-bond donors (Lipinski definition) is 0. The fourth-order valence-corrected chi connectivity index (χ4v) is 5.72. The van der Waals surface area contributed by atoms with Crippen LogP contribution in [-0.4, -0.2) is 0 Å². The molecular formula is C24H35F3. The van der Waals surface area contributed by atoms with Gasteiger partial charge in [-0.2, -0.15) is 13.2 Å². The van der Waals surface area contributed by atoms with Crippen molar-refractivity contribution in [1.82, 2.24) is 0 Å². The SMILES string of the molecule is Cc1cc(CCC2CCC(C3CCC(C)CC3)CC2)cc(C)c1C(F)(F)F.